The Hall–Kier alpha value is -1.12. The lowest BCUT2D eigenvalue weighted by atomic mass is 9.89. The van der Waals surface area contributed by atoms with Gasteiger partial charge in [0.2, 0.25) is 6.08 Å². The van der Waals surface area contributed by atoms with E-state index in [1.54, 1.807) is 12.1 Å². The largest absolute Gasteiger partial charge is 0.235 e. The average molecular weight is 251 g/mol. The van der Waals surface area contributed by atoms with Gasteiger partial charge in [0, 0.05) is 4.90 Å². The number of carbonyl (C=O) groups excluding carboxylic acids is 1. The first kappa shape index (κ1) is 12.3. The monoisotopic (exact) mass is 251 g/mol. The lowest BCUT2D eigenvalue weighted by Gasteiger charge is -2.23. The van der Waals surface area contributed by atoms with Crippen molar-refractivity contribution in [1.29, 1.82) is 0 Å². The molecule has 90 valence electrons. The minimum absolute atomic E-state index is 0.218. The highest BCUT2D eigenvalue weighted by Crippen LogP contribution is 2.43. The molecular weight excluding hydrogens is 237 g/mol. The first-order valence-electron chi connectivity index (χ1n) is 5.65. The SMILES string of the molecule is CSc1cc(C2(N=C=O)CCCC2)ccc1F. The van der Waals surface area contributed by atoms with Crippen LogP contribution in [0.5, 0.6) is 0 Å². The summed E-state index contributed by atoms with van der Waals surface area (Å²) >= 11 is 1.37. The Balaban J connectivity index is 2.46. The van der Waals surface area contributed by atoms with Gasteiger partial charge in [-0.3, -0.25) is 0 Å². The zero-order valence-corrected chi connectivity index (χ0v) is 10.5. The Bertz CT molecular complexity index is 462. The summed E-state index contributed by atoms with van der Waals surface area (Å²) < 4.78 is 13.4. The molecule has 0 heterocycles. The van der Waals surface area contributed by atoms with E-state index < -0.39 is 5.54 Å². The maximum atomic E-state index is 13.4. The van der Waals surface area contributed by atoms with Gasteiger partial charge in [-0.1, -0.05) is 18.9 Å². The van der Waals surface area contributed by atoms with E-state index in [9.17, 15) is 9.18 Å². The van der Waals surface area contributed by atoms with Crippen LogP contribution >= 0.6 is 11.8 Å². The number of hydrogen-bond acceptors (Lipinski definition) is 3. The van der Waals surface area contributed by atoms with Gasteiger partial charge in [-0.25, -0.2) is 9.18 Å². The van der Waals surface area contributed by atoms with Crippen molar-refractivity contribution in [3.05, 3.63) is 29.6 Å². The smallest absolute Gasteiger partial charge is 0.211 e. The highest BCUT2D eigenvalue weighted by molar-refractivity contribution is 7.98. The Labute approximate surface area is 104 Å². The lowest BCUT2D eigenvalue weighted by molar-refractivity contribution is 0.453. The summed E-state index contributed by atoms with van der Waals surface area (Å²) in [6, 6.07) is 5.01. The minimum atomic E-state index is -0.458. The molecule has 0 aliphatic heterocycles. The van der Waals surface area contributed by atoms with Crippen molar-refractivity contribution >= 4 is 17.8 Å². The van der Waals surface area contributed by atoms with E-state index in [-0.39, 0.29) is 5.82 Å². The van der Waals surface area contributed by atoms with E-state index in [1.165, 1.54) is 17.8 Å². The highest BCUT2D eigenvalue weighted by Gasteiger charge is 2.35. The number of nitrogens with zero attached hydrogens (tertiary/aromatic N) is 1. The second-order valence-electron chi connectivity index (χ2n) is 4.29. The summed E-state index contributed by atoms with van der Waals surface area (Å²) in [5.41, 5.74) is 0.476. The van der Waals surface area contributed by atoms with Gasteiger partial charge in [0.05, 0.1) is 5.54 Å². The molecule has 0 aromatic heterocycles. The normalized spacial score (nSPS) is 17.8. The van der Waals surface area contributed by atoms with Gasteiger partial charge in [-0.2, -0.15) is 4.99 Å². The molecule has 1 aliphatic carbocycles. The van der Waals surface area contributed by atoms with Crippen LogP contribution < -0.4 is 0 Å². The van der Waals surface area contributed by atoms with Gasteiger partial charge in [-0.15, -0.1) is 11.8 Å². The van der Waals surface area contributed by atoms with E-state index in [0.717, 1.165) is 31.2 Å². The van der Waals surface area contributed by atoms with Crippen LogP contribution in [0.1, 0.15) is 31.2 Å². The quantitative estimate of drug-likeness (QED) is 0.466. The summed E-state index contributed by atoms with van der Waals surface area (Å²) in [6.45, 7) is 0. The number of thioether (sulfide) groups is 1. The van der Waals surface area contributed by atoms with Gasteiger partial charge in [0.1, 0.15) is 5.82 Å². The molecule has 0 spiro atoms. The van der Waals surface area contributed by atoms with Gasteiger partial charge in [-0.05, 0) is 36.8 Å². The van der Waals surface area contributed by atoms with Crippen molar-refractivity contribution < 1.29 is 9.18 Å². The summed E-state index contributed by atoms with van der Waals surface area (Å²) in [5, 5.41) is 0. The van der Waals surface area contributed by atoms with Gasteiger partial charge in [0.25, 0.3) is 0 Å². The molecular formula is C13H14FNOS. The molecule has 1 aromatic rings. The molecule has 1 saturated carbocycles. The van der Waals surface area contributed by atoms with Crippen molar-refractivity contribution in [2.24, 2.45) is 4.99 Å². The molecule has 0 unspecified atom stereocenters. The highest BCUT2D eigenvalue weighted by atomic mass is 32.2. The molecule has 4 heteroatoms. The third-order valence-electron chi connectivity index (χ3n) is 3.38. The number of isocyanates is 1. The molecule has 1 aliphatic rings. The third kappa shape index (κ3) is 2.28. The number of rotatable bonds is 3. The number of aliphatic imine (C=N–C) groups is 1. The number of halogens is 1. The van der Waals surface area contributed by atoms with Crippen LogP contribution in [0, 0.1) is 5.82 Å². The van der Waals surface area contributed by atoms with Gasteiger partial charge < -0.3 is 0 Å². The number of benzene rings is 1. The van der Waals surface area contributed by atoms with Crippen LogP contribution in [0.2, 0.25) is 0 Å². The van der Waals surface area contributed by atoms with Gasteiger partial charge >= 0.3 is 0 Å². The van der Waals surface area contributed by atoms with Crippen LogP contribution in [-0.4, -0.2) is 12.3 Å². The summed E-state index contributed by atoms with van der Waals surface area (Å²) in [4.78, 5) is 15.2. The average Bonchev–Trinajstić information content (AvgIpc) is 2.80. The fraction of sp³-hybridized carbons (Fsp3) is 0.462. The van der Waals surface area contributed by atoms with Crippen LogP contribution in [0.15, 0.2) is 28.1 Å². The molecule has 2 rings (SSSR count). The van der Waals surface area contributed by atoms with Crippen LogP contribution in [-0.2, 0) is 10.3 Å². The van der Waals surface area contributed by atoms with Crippen molar-refractivity contribution in [3.8, 4) is 0 Å². The zero-order chi connectivity index (χ0) is 12.3. The van der Waals surface area contributed by atoms with E-state index in [2.05, 4.69) is 4.99 Å². The fourth-order valence-electron chi connectivity index (χ4n) is 2.46. The van der Waals surface area contributed by atoms with Crippen molar-refractivity contribution in [1.82, 2.24) is 0 Å². The maximum Gasteiger partial charge on any atom is 0.235 e. The second kappa shape index (κ2) is 5.03. The standard InChI is InChI=1S/C13H14FNOS/c1-17-12-8-10(4-5-11(12)14)13(15-9-16)6-2-3-7-13/h4-5,8H,2-3,6-7H2,1H3. The second-order valence-corrected chi connectivity index (χ2v) is 5.14. The molecule has 0 N–H and O–H groups in total. The Morgan fingerprint density at radius 2 is 2.12 bits per heavy atom. The molecule has 0 bridgehead atoms. The zero-order valence-electron chi connectivity index (χ0n) is 9.70. The van der Waals surface area contributed by atoms with E-state index in [1.807, 2.05) is 12.3 Å². The third-order valence-corrected chi connectivity index (χ3v) is 4.13. The Kier molecular flexibility index (Phi) is 3.65. The Morgan fingerprint density at radius 3 is 2.71 bits per heavy atom. The molecule has 1 aromatic carbocycles. The minimum Gasteiger partial charge on any atom is -0.211 e. The molecule has 0 atom stereocenters. The van der Waals surface area contributed by atoms with Gasteiger partial charge in [0.15, 0.2) is 0 Å². The van der Waals surface area contributed by atoms with Crippen LogP contribution in [0.25, 0.3) is 0 Å². The first-order valence-corrected chi connectivity index (χ1v) is 6.87. The van der Waals surface area contributed by atoms with Crippen molar-refractivity contribution in [3.63, 3.8) is 0 Å². The summed E-state index contributed by atoms with van der Waals surface area (Å²) in [7, 11) is 0. The molecule has 0 saturated heterocycles. The first-order chi connectivity index (χ1) is 8.22. The molecule has 2 nitrogen and oxygen atoms in total. The van der Waals surface area contributed by atoms with Crippen LogP contribution in [0.3, 0.4) is 0 Å². The van der Waals surface area contributed by atoms with Crippen molar-refractivity contribution in [2.75, 3.05) is 6.26 Å². The Morgan fingerprint density at radius 1 is 1.41 bits per heavy atom. The van der Waals surface area contributed by atoms with E-state index in [4.69, 9.17) is 0 Å². The molecule has 1 fully saturated rings. The van der Waals surface area contributed by atoms with Crippen molar-refractivity contribution in [2.45, 2.75) is 36.1 Å². The van der Waals surface area contributed by atoms with E-state index in [0.29, 0.717) is 4.90 Å². The topological polar surface area (TPSA) is 29.4 Å². The molecule has 0 radical (unpaired) electrons. The lowest BCUT2D eigenvalue weighted by Crippen LogP contribution is -2.19. The molecule has 0 amide bonds. The predicted octanol–water partition coefficient (Wildman–Crippen LogP) is 3.65. The molecule has 17 heavy (non-hydrogen) atoms. The predicted molar refractivity (Wildman–Crippen MR) is 66.4 cm³/mol. The summed E-state index contributed by atoms with van der Waals surface area (Å²) in [6.07, 6.45) is 7.32. The van der Waals surface area contributed by atoms with E-state index >= 15 is 0 Å². The number of hydrogen-bond donors (Lipinski definition) is 0. The fourth-order valence-corrected chi connectivity index (χ4v) is 2.97. The summed E-state index contributed by atoms with van der Waals surface area (Å²) in [5.74, 6) is -0.218. The van der Waals surface area contributed by atoms with Crippen LogP contribution in [0.4, 0.5) is 4.39 Å². The maximum absolute atomic E-state index is 13.4.